The molecule has 1 aromatic carbocycles. The predicted molar refractivity (Wildman–Crippen MR) is 114 cm³/mol. The van der Waals surface area contributed by atoms with Crippen LogP contribution in [0.4, 0.5) is 4.79 Å². The van der Waals surface area contributed by atoms with Crippen molar-refractivity contribution < 1.29 is 20.0 Å². The van der Waals surface area contributed by atoms with Crippen LogP contribution in [0, 0.1) is 11.4 Å². The quantitative estimate of drug-likeness (QED) is 0.395. The minimum atomic E-state index is -0.856. The number of fused-ring (bicyclic) bond motifs is 1. The van der Waals surface area contributed by atoms with E-state index in [1.165, 1.54) is 4.57 Å². The van der Waals surface area contributed by atoms with Crippen LogP contribution in [0.25, 0.3) is 10.9 Å². The van der Waals surface area contributed by atoms with Crippen molar-refractivity contribution in [2.24, 2.45) is 0 Å². The third kappa shape index (κ3) is 4.03. The molecular weight excluding hydrogens is 386 g/mol. The van der Waals surface area contributed by atoms with Crippen LogP contribution in [0.2, 0.25) is 0 Å². The Morgan fingerprint density at radius 3 is 2.79 bits per heavy atom. The molecule has 6 nitrogen and oxygen atoms in total. The summed E-state index contributed by atoms with van der Waals surface area (Å²) in [5, 5.41) is 16.9. The second-order valence-corrected chi connectivity index (χ2v) is 8.75. The van der Waals surface area contributed by atoms with E-state index < -0.39 is 17.8 Å². The molecule has 3 N–H and O–H groups in total. The van der Waals surface area contributed by atoms with E-state index in [-0.39, 0.29) is 0 Å². The molecule has 150 valence electrons. The molecule has 0 saturated carbocycles. The van der Waals surface area contributed by atoms with Crippen LogP contribution in [-0.2, 0) is 16.1 Å². The summed E-state index contributed by atoms with van der Waals surface area (Å²) in [6.07, 6.45) is 3.89. The van der Waals surface area contributed by atoms with Crippen molar-refractivity contribution in [3.05, 3.63) is 77.5 Å². The van der Waals surface area contributed by atoms with E-state index in [0.29, 0.717) is 11.1 Å². The number of quaternary nitrogens is 1. The molecule has 1 aliphatic heterocycles. The molecular formula is C22H23N3O3S. The second-order valence-electron chi connectivity index (χ2n) is 7.84. The zero-order chi connectivity index (χ0) is 20.6. The largest absolute Gasteiger partial charge is 0.443 e. The number of carbonyl (C=O) groups excluding carboxylic acids is 1. The van der Waals surface area contributed by atoms with Crippen molar-refractivity contribution >= 4 is 33.7 Å². The molecule has 0 fully saturated rings. The van der Waals surface area contributed by atoms with E-state index in [1.54, 1.807) is 29.9 Å². The summed E-state index contributed by atoms with van der Waals surface area (Å²) in [4.78, 5) is 16.8. The normalized spacial score (nSPS) is 15.8. The van der Waals surface area contributed by atoms with Gasteiger partial charge < -0.3 is 20.1 Å². The Bertz CT molecular complexity index is 1060. The number of ether oxygens (including phenoxy) is 1. The van der Waals surface area contributed by atoms with E-state index in [4.69, 9.17) is 4.74 Å². The molecule has 2 aromatic heterocycles. The highest BCUT2D eigenvalue weighted by Crippen LogP contribution is 2.31. The number of pyridine rings is 1. The number of benzene rings is 1. The van der Waals surface area contributed by atoms with Crippen LogP contribution in [0.1, 0.15) is 38.0 Å². The van der Waals surface area contributed by atoms with Crippen molar-refractivity contribution in [3.8, 4) is 0 Å². The number of aliphatic hydroxyl groups excluding tert-OH is 1. The molecule has 29 heavy (non-hydrogen) atoms. The zero-order valence-corrected chi connectivity index (χ0v) is 17.3. The van der Waals surface area contributed by atoms with Gasteiger partial charge in [-0.25, -0.2) is 4.79 Å². The van der Waals surface area contributed by atoms with Gasteiger partial charge in [0.05, 0.1) is 10.9 Å². The molecule has 3 aromatic rings. The fourth-order valence-electron chi connectivity index (χ4n) is 3.22. The van der Waals surface area contributed by atoms with Gasteiger partial charge in [-0.3, -0.25) is 4.57 Å². The van der Waals surface area contributed by atoms with Gasteiger partial charge in [-0.2, -0.15) is 0 Å². The minimum absolute atomic E-state index is 0.464. The molecule has 1 aliphatic rings. The van der Waals surface area contributed by atoms with E-state index in [2.05, 4.69) is 4.98 Å². The minimum Gasteiger partial charge on any atom is -0.443 e. The van der Waals surface area contributed by atoms with Gasteiger partial charge in [0, 0.05) is 17.7 Å². The van der Waals surface area contributed by atoms with Crippen molar-refractivity contribution in [2.45, 2.75) is 32.5 Å². The van der Waals surface area contributed by atoms with Gasteiger partial charge in [0.2, 0.25) is 0 Å². The van der Waals surface area contributed by atoms with Crippen LogP contribution < -0.4 is 5.32 Å². The zero-order valence-electron chi connectivity index (χ0n) is 16.5. The Balaban J connectivity index is 1.63. The number of aromatic nitrogens is 2. The van der Waals surface area contributed by atoms with E-state index in [0.717, 1.165) is 22.4 Å². The van der Waals surface area contributed by atoms with Crippen LogP contribution >= 0.6 is 0 Å². The lowest BCUT2D eigenvalue weighted by molar-refractivity contribution is -0.598. The molecule has 0 amide bonds. The number of hydrogen-bond acceptors (Lipinski definition) is 4. The summed E-state index contributed by atoms with van der Waals surface area (Å²) >= 11 is 1.55. The molecule has 7 heteroatoms. The average Bonchev–Trinajstić information content (AvgIpc) is 3.32. The van der Waals surface area contributed by atoms with Gasteiger partial charge in [-0.15, -0.1) is 6.07 Å². The highest BCUT2D eigenvalue weighted by Gasteiger charge is 2.30. The molecule has 3 heterocycles. The lowest BCUT2D eigenvalue weighted by Gasteiger charge is -2.24. The summed E-state index contributed by atoms with van der Waals surface area (Å²) in [5.41, 5.74) is 1.78. The van der Waals surface area contributed by atoms with Gasteiger partial charge in [0.25, 0.3) is 5.37 Å². The first-order chi connectivity index (χ1) is 13.8. The van der Waals surface area contributed by atoms with Crippen LogP contribution in [0.5, 0.6) is 0 Å². The van der Waals surface area contributed by atoms with Crippen molar-refractivity contribution in [1.29, 1.82) is 0 Å². The summed E-state index contributed by atoms with van der Waals surface area (Å²) in [7, 11) is 0. The maximum atomic E-state index is 12.7. The molecule has 0 radical (unpaired) electrons. The standard InChI is InChI=1S/C22H23N3O3S/c1-22(2,3)28-21(27)25-12-16(15-8-4-5-9-18(15)25)19(26)17-13-29-20(24-17)14-7-6-10-23-11-14/h4-13,19,26H,24H2,1-3H3. The smallest absolute Gasteiger partial charge is 0.418 e. The van der Waals surface area contributed by atoms with Crippen LogP contribution in [0.15, 0.2) is 55.0 Å². The molecule has 0 spiro atoms. The fraction of sp³-hybridized carbons (Fsp3) is 0.227. The fourth-order valence-corrected chi connectivity index (χ4v) is 4.14. The molecule has 0 saturated heterocycles. The lowest BCUT2D eigenvalue weighted by Crippen LogP contribution is -2.85. The SMILES string of the molecule is CC(C)(C)OC(=O)n1cc(C(O)[C-]2C=[S+][C-](c3cccnc3)[NH2+]2)c2ccccc21. The summed E-state index contributed by atoms with van der Waals surface area (Å²) < 4.78 is 7.00. The lowest BCUT2D eigenvalue weighted by atomic mass is 10.0. The monoisotopic (exact) mass is 409 g/mol. The first-order valence-corrected chi connectivity index (χ1v) is 10.2. The van der Waals surface area contributed by atoms with E-state index >= 15 is 0 Å². The third-order valence-corrected chi connectivity index (χ3v) is 5.51. The van der Waals surface area contributed by atoms with Gasteiger partial charge >= 0.3 is 6.09 Å². The highest BCUT2D eigenvalue weighted by atomic mass is 32.1. The Morgan fingerprint density at radius 1 is 1.28 bits per heavy atom. The van der Waals surface area contributed by atoms with E-state index in [1.807, 2.05) is 67.9 Å². The average molecular weight is 410 g/mol. The maximum absolute atomic E-state index is 12.7. The highest BCUT2D eigenvalue weighted by molar-refractivity contribution is 7.80. The Hall–Kier alpha value is -2.74. The topological polar surface area (TPSA) is 81.0 Å². The van der Waals surface area contributed by atoms with Gasteiger partial charge in [0.15, 0.2) is 11.4 Å². The third-order valence-electron chi connectivity index (χ3n) is 4.51. The maximum Gasteiger partial charge on any atom is 0.418 e. The van der Waals surface area contributed by atoms with Crippen molar-refractivity contribution in [3.63, 3.8) is 0 Å². The predicted octanol–water partition coefficient (Wildman–Crippen LogP) is 2.38. The van der Waals surface area contributed by atoms with E-state index in [9.17, 15) is 9.90 Å². The first-order valence-electron chi connectivity index (χ1n) is 9.34. The number of hydrogen-bond donors (Lipinski definition) is 2. The number of aliphatic hydroxyl groups is 1. The van der Waals surface area contributed by atoms with Gasteiger partial charge in [0.1, 0.15) is 5.60 Å². The molecule has 4 rings (SSSR count). The Morgan fingerprint density at radius 2 is 2.07 bits per heavy atom. The molecule has 1 unspecified atom stereocenters. The number of para-hydroxylation sites is 1. The Labute approximate surface area is 173 Å². The number of nitrogens with zero attached hydrogens (tertiary/aromatic N) is 2. The number of rotatable bonds is 3. The van der Waals surface area contributed by atoms with Crippen LogP contribution in [0.3, 0.4) is 0 Å². The summed E-state index contributed by atoms with van der Waals surface area (Å²) in [6, 6.07) is 12.2. The van der Waals surface area contributed by atoms with Gasteiger partial charge in [-0.05, 0) is 44.6 Å². The van der Waals surface area contributed by atoms with Crippen LogP contribution in [-0.4, -0.2) is 31.7 Å². The summed E-state index contributed by atoms with van der Waals surface area (Å²) in [6.45, 7) is 5.49. The Kier molecular flexibility index (Phi) is 5.12. The number of nitrogens with two attached hydrogens (primary N) is 1. The molecule has 1 atom stereocenters. The summed E-state index contributed by atoms with van der Waals surface area (Å²) in [5.74, 6) is 0. The van der Waals surface area contributed by atoms with Crippen molar-refractivity contribution in [1.82, 2.24) is 9.55 Å². The van der Waals surface area contributed by atoms with Crippen molar-refractivity contribution in [2.75, 3.05) is 0 Å². The second kappa shape index (κ2) is 7.59. The molecule has 0 bridgehead atoms. The first kappa shape index (κ1) is 19.6. The number of carbonyl (C=O) groups is 1. The van der Waals surface area contributed by atoms with Gasteiger partial charge in [-0.1, -0.05) is 36.0 Å². The molecule has 0 aliphatic carbocycles.